The van der Waals surface area contributed by atoms with Gasteiger partial charge in [0.15, 0.2) is 5.12 Å². The second-order valence-electron chi connectivity index (χ2n) is 7.82. The SMILES string of the molecule is CCOC(=O)C(CC1CCN(C(=O)OC(C)(C)C)CC1)C(C)SC(C)=O. The molecule has 0 radical (unpaired) electrons. The minimum absolute atomic E-state index is 0.00606. The largest absolute Gasteiger partial charge is 0.466 e. The fourth-order valence-corrected chi connectivity index (χ4v) is 4.02. The zero-order valence-corrected chi connectivity index (χ0v) is 17.7. The number of hydrogen-bond donors (Lipinski definition) is 0. The minimum Gasteiger partial charge on any atom is -0.466 e. The number of nitrogens with zero attached hydrogens (tertiary/aromatic N) is 1. The standard InChI is InChI=1S/C19H33NO5S/c1-7-24-17(22)16(13(2)26-14(3)21)12-15-8-10-20(11-9-15)18(23)25-19(4,5)6/h13,15-16H,7-12H2,1-6H3. The highest BCUT2D eigenvalue weighted by atomic mass is 32.2. The first-order chi connectivity index (χ1) is 12.0. The number of hydrogen-bond acceptors (Lipinski definition) is 6. The summed E-state index contributed by atoms with van der Waals surface area (Å²) >= 11 is 1.19. The maximum absolute atomic E-state index is 12.3. The van der Waals surface area contributed by atoms with Gasteiger partial charge >= 0.3 is 12.1 Å². The van der Waals surface area contributed by atoms with Gasteiger partial charge in [0, 0.05) is 25.3 Å². The van der Waals surface area contributed by atoms with E-state index in [1.54, 1.807) is 11.8 Å². The van der Waals surface area contributed by atoms with Gasteiger partial charge in [-0.15, -0.1) is 0 Å². The molecule has 1 fully saturated rings. The van der Waals surface area contributed by atoms with Gasteiger partial charge in [0.2, 0.25) is 0 Å². The summed E-state index contributed by atoms with van der Waals surface area (Å²) in [7, 11) is 0. The van der Waals surface area contributed by atoms with E-state index in [0.29, 0.717) is 32.0 Å². The Morgan fingerprint density at radius 2 is 1.77 bits per heavy atom. The van der Waals surface area contributed by atoms with Gasteiger partial charge in [-0.2, -0.15) is 0 Å². The highest BCUT2D eigenvalue weighted by Gasteiger charge is 2.33. The van der Waals surface area contributed by atoms with Crippen molar-refractivity contribution in [3.8, 4) is 0 Å². The van der Waals surface area contributed by atoms with Crippen LogP contribution in [0.3, 0.4) is 0 Å². The fraction of sp³-hybridized carbons (Fsp3) is 0.842. The van der Waals surface area contributed by atoms with Gasteiger partial charge in [0.1, 0.15) is 5.60 Å². The van der Waals surface area contributed by atoms with Crippen LogP contribution in [0.4, 0.5) is 4.79 Å². The second-order valence-corrected chi connectivity index (χ2v) is 9.37. The first kappa shape index (κ1) is 22.8. The van der Waals surface area contributed by atoms with Crippen molar-refractivity contribution >= 4 is 28.9 Å². The van der Waals surface area contributed by atoms with Crippen LogP contribution in [0.1, 0.15) is 60.8 Å². The van der Waals surface area contributed by atoms with Gasteiger partial charge in [-0.1, -0.05) is 18.7 Å². The third-order valence-electron chi connectivity index (χ3n) is 4.36. The maximum Gasteiger partial charge on any atom is 0.410 e. The third kappa shape index (κ3) is 7.98. The van der Waals surface area contributed by atoms with Crippen LogP contribution in [0, 0.1) is 11.8 Å². The van der Waals surface area contributed by atoms with Crippen LogP contribution in [-0.2, 0) is 19.1 Å². The Kier molecular flexibility index (Phi) is 8.93. The number of carbonyl (C=O) groups is 3. The van der Waals surface area contributed by atoms with Crippen LogP contribution in [0.15, 0.2) is 0 Å². The van der Waals surface area contributed by atoms with E-state index in [2.05, 4.69) is 0 Å². The summed E-state index contributed by atoms with van der Waals surface area (Å²) in [4.78, 5) is 37.6. The normalized spacial score (nSPS) is 18.2. The number of rotatable bonds is 6. The van der Waals surface area contributed by atoms with Crippen molar-refractivity contribution in [3.05, 3.63) is 0 Å². The number of carbonyl (C=O) groups excluding carboxylic acids is 3. The Morgan fingerprint density at radius 3 is 2.23 bits per heavy atom. The molecule has 1 aliphatic rings. The molecule has 0 aromatic rings. The lowest BCUT2D eigenvalue weighted by atomic mass is 9.86. The van der Waals surface area contributed by atoms with Gasteiger partial charge in [-0.25, -0.2) is 4.79 Å². The van der Waals surface area contributed by atoms with E-state index in [-0.39, 0.29) is 28.3 Å². The van der Waals surface area contributed by atoms with E-state index in [9.17, 15) is 14.4 Å². The van der Waals surface area contributed by atoms with E-state index < -0.39 is 5.60 Å². The quantitative estimate of drug-likeness (QED) is 0.644. The summed E-state index contributed by atoms with van der Waals surface area (Å²) in [6.45, 7) is 12.4. The van der Waals surface area contributed by atoms with Gasteiger partial charge in [0.25, 0.3) is 0 Å². The molecule has 26 heavy (non-hydrogen) atoms. The predicted molar refractivity (Wildman–Crippen MR) is 103 cm³/mol. The number of esters is 1. The molecule has 2 unspecified atom stereocenters. The van der Waals surface area contributed by atoms with Gasteiger partial charge in [-0.3, -0.25) is 9.59 Å². The van der Waals surface area contributed by atoms with Crippen molar-refractivity contribution in [3.63, 3.8) is 0 Å². The van der Waals surface area contributed by atoms with Crippen molar-refractivity contribution in [2.24, 2.45) is 11.8 Å². The highest BCUT2D eigenvalue weighted by Crippen LogP contribution is 2.31. The fourth-order valence-electron chi connectivity index (χ4n) is 3.11. The Labute approximate surface area is 161 Å². The number of piperidine rings is 1. The summed E-state index contributed by atoms with van der Waals surface area (Å²) < 4.78 is 10.6. The molecule has 1 heterocycles. The average molecular weight is 388 g/mol. The Bertz CT molecular complexity index is 495. The van der Waals surface area contributed by atoms with Crippen molar-refractivity contribution < 1.29 is 23.9 Å². The molecular formula is C19H33NO5S. The topological polar surface area (TPSA) is 72.9 Å². The molecule has 0 spiro atoms. The Morgan fingerprint density at radius 1 is 1.19 bits per heavy atom. The van der Waals surface area contributed by atoms with Crippen LogP contribution in [0.5, 0.6) is 0 Å². The highest BCUT2D eigenvalue weighted by molar-refractivity contribution is 8.14. The monoisotopic (exact) mass is 387 g/mol. The van der Waals surface area contributed by atoms with Crippen molar-refractivity contribution in [2.75, 3.05) is 19.7 Å². The Hall–Kier alpha value is -1.24. The predicted octanol–water partition coefficient (Wildman–Crippen LogP) is 3.87. The Balaban J connectivity index is 2.61. The second kappa shape index (κ2) is 10.2. The molecule has 2 atom stereocenters. The summed E-state index contributed by atoms with van der Waals surface area (Å²) in [6, 6.07) is 0. The molecule has 0 aromatic carbocycles. The molecule has 0 aliphatic carbocycles. The van der Waals surface area contributed by atoms with Crippen LogP contribution < -0.4 is 0 Å². The molecular weight excluding hydrogens is 354 g/mol. The lowest BCUT2D eigenvalue weighted by Crippen LogP contribution is -2.42. The molecule has 0 bridgehead atoms. The van der Waals surface area contributed by atoms with Crippen molar-refractivity contribution in [1.29, 1.82) is 0 Å². The number of likely N-dealkylation sites (tertiary alicyclic amines) is 1. The van der Waals surface area contributed by atoms with Gasteiger partial charge in [-0.05, 0) is 52.9 Å². The third-order valence-corrected chi connectivity index (χ3v) is 5.39. The summed E-state index contributed by atoms with van der Waals surface area (Å²) in [6.07, 6.45) is 2.06. The zero-order valence-electron chi connectivity index (χ0n) is 16.9. The summed E-state index contributed by atoms with van der Waals surface area (Å²) in [5.41, 5.74) is -0.498. The molecule has 0 aromatic heterocycles. The van der Waals surface area contributed by atoms with Gasteiger partial charge in [0.05, 0.1) is 12.5 Å². The summed E-state index contributed by atoms with van der Waals surface area (Å²) in [5, 5.41) is -0.109. The minimum atomic E-state index is -0.498. The first-order valence-electron chi connectivity index (χ1n) is 9.35. The molecule has 7 heteroatoms. The first-order valence-corrected chi connectivity index (χ1v) is 10.2. The maximum atomic E-state index is 12.3. The van der Waals surface area contributed by atoms with Crippen LogP contribution >= 0.6 is 11.8 Å². The lowest BCUT2D eigenvalue weighted by Gasteiger charge is -2.35. The average Bonchev–Trinajstić information content (AvgIpc) is 2.50. The van der Waals surface area contributed by atoms with E-state index in [1.807, 2.05) is 27.7 Å². The number of ether oxygens (including phenoxy) is 2. The lowest BCUT2D eigenvalue weighted by molar-refractivity contribution is -0.148. The molecule has 1 aliphatic heterocycles. The molecule has 6 nitrogen and oxygen atoms in total. The summed E-state index contributed by atoms with van der Waals surface area (Å²) in [5.74, 6) is -0.205. The van der Waals surface area contributed by atoms with E-state index in [0.717, 1.165) is 12.8 Å². The molecule has 0 saturated carbocycles. The van der Waals surface area contributed by atoms with E-state index in [1.165, 1.54) is 18.7 Å². The molecule has 150 valence electrons. The van der Waals surface area contributed by atoms with Crippen LogP contribution in [-0.4, -0.2) is 52.6 Å². The van der Waals surface area contributed by atoms with Gasteiger partial charge < -0.3 is 14.4 Å². The van der Waals surface area contributed by atoms with E-state index in [4.69, 9.17) is 9.47 Å². The molecule has 1 amide bonds. The van der Waals surface area contributed by atoms with Crippen molar-refractivity contribution in [2.45, 2.75) is 71.7 Å². The molecule has 1 rings (SSSR count). The number of thioether (sulfide) groups is 1. The zero-order chi connectivity index (χ0) is 19.9. The molecule has 0 N–H and O–H groups in total. The van der Waals surface area contributed by atoms with E-state index >= 15 is 0 Å². The smallest absolute Gasteiger partial charge is 0.410 e. The number of amides is 1. The van der Waals surface area contributed by atoms with Crippen LogP contribution in [0.2, 0.25) is 0 Å². The van der Waals surface area contributed by atoms with Crippen molar-refractivity contribution in [1.82, 2.24) is 4.90 Å². The van der Waals surface area contributed by atoms with Crippen LogP contribution in [0.25, 0.3) is 0 Å². The molecule has 1 saturated heterocycles.